The molecule has 0 aliphatic heterocycles. The summed E-state index contributed by atoms with van der Waals surface area (Å²) in [6.45, 7) is 2.14. The molecule has 114 valence electrons. The Morgan fingerprint density at radius 2 is 2.24 bits per heavy atom. The molecule has 0 saturated carbocycles. The van der Waals surface area contributed by atoms with Gasteiger partial charge < -0.3 is 0 Å². The summed E-state index contributed by atoms with van der Waals surface area (Å²) in [5.41, 5.74) is 0.418. The van der Waals surface area contributed by atoms with Gasteiger partial charge in [-0.15, -0.1) is 11.3 Å². The van der Waals surface area contributed by atoms with Gasteiger partial charge in [0, 0.05) is 35.5 Å². The van der Waals surface area contributed by atoms with Crippen LogP contribution in [0.1, 0.15) is 23.4 Å². The molecule has 10 heteroatoms. The molecule has 0 spiro atoms. The highest BCUT2D eigenvalue weighted by atomic mass is 32.2. The van der Waals surface area contributed by atoms with Crippen LogP contribution in [0.4, 0.5) is 5.00 Å². The lowest BCUT2D eigenvalue weighted by Gasteiger charge is -2.10. The van der Waals surface area contributed by atoms with E-state index in [0.717, 1.165) is 16.3 Å². The molecule has 2 aromatic rings. The van der Waals surface area contributed by atoms with Crippen molar-refractivity contribution < 1.29 is 13.3 Å². The SMILES string of the molecule is CC(CNS(=O)(=O)Cc1csc([N+](=O)[O-])c1)c1nccs1. The Balaban J connectivity index is 1.93. The zero-order valence-corrected chi connectivity index (χ0v) is 13.5. The van der Waals surface area contributed by atoms with Crippen molar-refractivity contribution in [3.05, 3.63) is 43.7 Å². The molecule has 0 aromatic carbocycles. The van der Waals surface area contributed by atoms with Crippen molar-refractivity contribution in [3.63, 3.8) is 0 Å². The van der Waals surface area contributed by atoms with E-state index in [-0.39, 0.29) is 23.2 Å². The Morgan fingerprint density at radius 1 is 1.48 bits per heavy atom. The van der Waals surface area contributed by atoms with E-state index >= 15 is 0 Å². The quantitative estimate of drug-likeness (QED) is 0.612. The van der Waals surface area contributed by atoms with E-state index in [1.165, 1.54) is 22.8 Å². The summed E-state index contributed by atoms with van der Waals surface area (Å²) >= 11 is 2.39. The lowest BCUT2D eigenvalue weighted by molar-refractivity contribution is -0.380. The fourth-order valence-corrected chi connectivity index (χ4v) is 4.37. The second-order valence-corrected chi connectivity index (χ2v) is 8.05. The molecule has 21 heavy (non-hydrogen) atoms. The van der Waals surface area contributed by atoms with Crippen molar-refractivity contribution in [2.45, 2.75) is 18.6 Å². The first-order valence-electron chi connectivity index (χ1n) is 5.96. The third kappa shape index (κ3) is 4.56. The highest BCUT2D eigenvalue weighted by molar-refractivity contribution is 7.88. The maximum absolute atomic E-state index is 12.0. The number of rotatable bonds is 7. The molecule has 1 atom stereocenters. The minimum absolute atomic E-state index is 0.0171. The van der Waals surface area contributed by atoms with E-state index in [4.69, 9.17) is 0 Å². The Bertz CT molecular complexity index is 709. The van der Waals surface area contributed by atoms with Crippen molar-refractivity contribution in [2.24, 2.45) is 0 Å². The van der Waals surface area contributed by atoms with Crippen molar-refractivity contribution in [1.29, 1.82) is 0 Å². The van der Waals surface area contributed by atoms with Crippen LogP contribution in [0.3, 0.4) is 0 Å². The Labute approximate surface area is 129 Å². The van der Waals surface area contributed by atoms with E-state index in [1.54, 1.807) is 6.20 Å². The Hall–Kier alpha value is -1.36. The largest absolute Gasteiger partial charge is 0.324 e. The van der Waals surface area contributed by atoms with Gasteiger partial charge in [-0.05, 0) is 5.56 Å². The highest BCUT2D eigenvalue weighted by Crippen LogP contribution is 2.24. The smallest absolute Gasteiger partial charge is 0.258 e. The molecule has 1 N–H and O–H groups in total. The molecule has 1 unspecified atom stereocenters. The third-order valence-corrected chi connectivity index (χ3v) is 5.91. The fourth-order valence-electron chi connectivity index (χ4n) is 1.62. The van der Waals surface area contributed by atoms with Gasteiger partial charge >= 0.3 is 5.00 Å². The summed E-state index contributed by atoms with van der Waals surface area (Å²) in [4.78, 5) is 14.2. The topological polar surface area (TPSA) is 102 Å². The summed E-state index contributed by atoms with van der Waals surface area (Å²) in [6.07, 6.45) is 1.68. The maximum atomic E-state index is 12.0. The van der Waals surface area contributed by atoms with Crippen LogP contribution in [-0.4, -0.2) is 24.9 Å². The van der Waals surface area contributed by atoms with Crippen molar-refractivity contribution in [2.75, 3.05) is 6.54 Å². The average molecular weight is 347 g/mol. The second-order valence-electron chi connectivity index (χ2n) is 4.43. The zero-order valence-electron chi connectivity index (χ0n) is 11.1. The molecule has 2 heterocycles. The molecule has 0 aliphatic carbocycles. The van der Waals surface area contributed by atoms with Crippen LogP contribution in [0.5, 0.6) is 0 Å². The van der Waals surface area contributed by atoms with Gasteiger partial charge in [-0.3, -0.25) is 10.1 Å². The van der Waals surface area contributed by atoms with Gasteiger partial charge in [-0.1, -0.05) is 18.3 Å². The average Bonchev–Trinajstić information content (AvgIpc) is 3.06. The summed E-state index contributed by atoms with van der Waals surface area (Å²) in [5, 5.41) is 14.7. The van der Waals surface area contributed by atoms with E-state index in [2.05, 4.69) is 9.71 Å². The Morgan fingerprint density at radius 3 is 2.81 bits per heavy atom. The normalized spacial score (nSPS) is 13.2. The fraction of sp³-hybridized carbons (Fsp3) is 0.364. The standard InChI is InChI=1S/C11H13N3O4S3/c1-8(11-12-2-3-19-11)5-13-21(17,18)7-9-4-10(14(15)16)20-6-9/h2-4,6,8,13H,5,7H2,1H3. The van der Waals surface area contributed by atoms with E-state index < -0.39 is 14.9 Å². The highest BCUT2D eigenvalue weighted by Gasteiger charge is 2.18. The first-order valence-corrected chi connectivity index (χ1v) is 9.37. The maximum Gasteiger partial charge on any atom is 0.324 e. The van der Waals surface area contributed by atoms with E-state index in [9.17, 15) is 18.5 Å². The van der Waals surface area contributed by atoms with Gasteiger partial charge in [0.05, 0.1) is 15.7 Å². The summed E-state index contributed by atoms with van der Waals surface area (Å²) < 4.78 is 26.4. The summed E-state index contributed by atoms with van der Waals surface area (Å²) in [7, 11) is -3.52. The van der Waals surface area contributed by atoms with Crippen LogP contribution in [-0.2, 0) is 15.8 Å². The van der Waals surface area contributed by atoms with Gasteiger partial charge in [0.1, 0.15) is 0 Å². The van der Waals surface area contributed by atoms with Crippen LogP contribution in [0.25, 0.3) is 0 Å². The number of sulfonamides is 1. The van der Waals surface area contributed by atoms with E-state index in [1.807, 2.05) is 12.3 Å². The minimum Gasteiger partial charge on any atom is -0.258 e. The number of aromatic nitrogens is 1. The van der Waals surface area contributed by atoms with Crippen LogP contribution >= 0.6 is 22.7 Å². The number of hydrogen-bond acceptors (Lipinski definition) is 7. The minimum atomic E-state index is -3.52. The third-order valence-electron chi connectivity index (χ3n) is 2.66. The molecule has 0 saturated heterocycles. The van der Waals surface area contributed by atoms with E-state index in [0.29, 0.717) is 5.56 Å². The first kappa shape index (κ1) is 16.0. The molecule has 0 fully saturated rings. The molecular weight excluding hydrogens is 334 g/mol. The van der Waals surface area contributed by atoms with Gasteiger partial charge in [0.2, 0.25) is 10.0 Å². The van der Waals surface area contributed by atoms with Crippen LogP contribution in [0.15, 0.2) is 23.0 Å². The number of thiophene rings is 1. The summed E-state index contributed by atoms with van der Waals surface area (Å²) in [5.74, 6) is -0.279. The summed E-state index contributed by atoms with van der Waals surface area (Å²) in [6, 6.07) is 1.29. The monoisotopic (exact) mass is 347 g/mol. The number of nitro groups is 1. The predicted molar refractivity (Wildman–Crippen MR) is 82.1 cm³/mol. The molecule has 2 aromatic heterocycles. The molecule has 7 nitrogen and oxygen atoms in total. The predicted octanol–water partition coefficient (Wildman–Crippen LogP) is 2.34. The van der Waals surface area contributed by atoms with Crippen LogP contribution in [0.2, 0.25) is 0 Å². The second kappa shape index (κ2) is 6.60. The van der Waals surface area contributed by atoms with Gasteiger partial charge in [0.25, 0.3) is 0 Å². The van der Waals surface area contributed by atoms with Crippen molar-refractivity contribution >= 4 is 37.7 Å². The number of nitrogens with zero attached hydrogens (tertiary/aromatic N) is 2. The van der Waals surface area contributed by atoms with Crippen molar-refractivity contribution in [3.8, 4) is 0 Å². The van der Waals surface area contributed by atoms with Gasteiger partial charge in [0.15, 0.2) is 0 Å². The molecule has 0 aliphatic rings. The molecule has 0 radical (unpaired) electrons. The van der Waals surface area contributed by atoms with Crippen LogP contribution < -0.4 is 4.72 Å². The Kier molecular flexibility index (Phi) is 5.04. The van der Waals surface area contributed by atoms with Crippen LogP contribution in [0, 0.1) is 10.1 Å². The number of nitrogens with one attached hydrogen (secondary N) is 1. The van der Waals surface area contributed by atoms with Crippen molar-refractivity contribution in [1.82, 2.24) is 9.71 Å². The zero-order chi connectivity index (χ0) is 15.5. The van der Waals surface area contributed by atoms with Gasteiger partial charge in [-0.2, -0.15) is 0 Å². The molecular formula is C11H13N3O4S3. The lowest BCUT2D eigenvalue weighted by Crippen LogP contribution is -2.28. The molecule has 0 bridgehead atoms. The molecule has 2 rings (SSSR count). The lowest BCUT2D eigenvalue weighted by atomic mass is 10.2. The van der Waals surface area contributed by atoms with Gasteiger partial charge in [-0.25, -0.2) is 18.1 Å². The molecule has 0 amide bonds. The first-order chi connectivity index (χ1) is 9.87. The number of thiazole rings is 1. The number of hydrogen-bond donors (Lipinski definition) is 1.